The highest BCUT2D eigenvalue weighted by Gasteiger charge is 2.05. The topological polar surface area (TPSA) is 293 Å². The molecule has 0 aliphatic heterocycles. The van der Waals surface area contributed by atoms with Crippen LogP contribution in [-0.4, -0.2) is 56.5 Å². The minimum absolute atomic E-state index is 0.124. The Bertz CT molecular complexity index is 1240. The minimum atomic E-state index is -5.14. The van der Waals surface area contributed by atoms with Crippen molar-refractivity contribution in [2.75, 3.05) is 23.7 Å². The van der Waals surface area contributed by atoms with Gasteiger partial charge in [0.25, 0.3) is 0 Å². The van der Waals surface area contributed by atoms with Crippen molar-refractivity contribution in [2.45, 2.75) is 25.7 Å². The molecule has 0 aliphatic rings. The minimum Gasteiger partial charge on any atom is -0.369 e. The maximum Gasteiger partial charge on any atom is 0.507 e. The van der Waals surface area contributed by atoms with Crippen LogP contribution in [0.1, 0.15) is 25.7 Å². The van der Waals surface area contributed by atoms with Gasteiger partial charge in [-0.2, -0.15) is 9.98 Å². The van der Waals surface area contributed by atoms with Gasteiger partial charge in [-0.1, -0.05) is 36.0 Å². The van der Waals surface area contributed by atoms with Crippen molar-refractivity contribution in [1.82, 2.24) is 0 Å². The first kappa shape index (κ1) is 40.7. The van der Waals surface area contributed by atoms with Crippen molar-refractivity contribution in [3.8, 4) is 0 Å². The SMILES string of the molecule is NC(=NCCCCCCN=C(N)N=C(N)Nc1ccc(Cl)cc1)N=C(N)Nc1ccc(Cl)cc1.O=P(O)(O)F.O=P(O)(O)F. The van der Waals surface area contributed by atoms with E-state index in [9.17, 15) is 8.39 Å². The molecule has 0 atom stereocenters. The van der Waals surface area contributed by atoms with Gasteiger partial charge in [-0.15, -0.1) is 8.39 Å². The molecule has 44 heavy (non-hydrogen) atoms. The molecule has 0 aromatic heterocycles. The van der Waals surface area contributed by atoms with Crippen LogP contribution in [0.4, 0.5) is 19.8 Å². The molecule has 0 unspecified atom stereocenters. The van der Waals surface area contributed by atoms with Crippen LogP contribution in [0.5, 0.6) is 0 Å². The van der Waals surface area contributed by atoms with Crippen molar-refractivity contribution < 1.29 is 37.1 Å². The summed E-state index contributed by atoms with van der Waals surface area (Å²) in [5.74, 6) is 0.564. The summed E-state index contributed by atoms with van der Waals surface area (Å²) >= 11 is 11.7. The Morgan fingerprint density at radius 3 is 1.18 bits per heavy atom. The Balaban J connectivity index is 0.00000159. The van der Waals surface area contributed by atoms with Gasteiger partial charge in [-0.25, -0.2) is 9.13 Å². The molecule has 16 nitrogen and oxygen atoms in total. The van der Waals surface area contributed by atoms with E-state index in [0.717, 1.165) is 37.1 Å². The molecule has 14 N–H and O–H groups in total. The zero-order valence-electron chi connectivity index (χ0n) is 23.0. The average molecular weight is 705 g/mol. The number of unbranched alkanes of at least 4 members (excludes halogenated alkanes) is 3. The van der Waals surface area contributed by atoms with Crippen molar-refractivity contribution in [3.05, 3.63) is 58.6 Å². The third-order valence-corrected chi connectivity index (χ3v) is 4.82. The van der Waals surface area contributed by atoms with Gasteiger partial charge < -0.3 is 33.6 Å². The van der Waals surface area contributed by atoms with Gasteiger partial charge in [0.15, 0.2) is 0 Å². The van der Waals surface area contributed by atoms with Crippen molar-refractivity contribution in [3.63, 3.8) is 0 Å². The highest BCUT2D eigenvalue weighted by atomic mass is 35.5. The molecular formula is C22H34Cl2F2N10O6P2. The molecule has 0 spiro atoms. The summed E-state index contributed by atoms with van der Waals surface area (Å²) in [6.45, 7) is 1.12. The molecule has 0 saturated carbocycles. The van der Waals surface area contributed by atoms with E-state index in [0.29, 0.717) is 23.1 Å². The van der Waals surface area contributed by atoms with Crippen LogP contribution >= 0.6 is 39.0 Å². The molecule has 2 rings (SSSR count). The van der Waals surface area contributed by atoms with Gasteiger partial charge in [0.05, 0.1) is 0 Å². The number of hydrogen-bond donors (Lipinski definition) is 10. The molecule has 0 radical (unpaired) electrons. The van der Waals surface area contributed by atoms with Crippen LogP contribution in [-0.2, 0) is 9.13 Å². The number of hydrogen-bond acceptors (Lipinski definition) is 4. The maximum absolute atomic E-state index is 10.4. The van der Waals surface area contributed by atoms with E-state index in [4.69, 9.17) is 74.8 Å². The summed E-state index contributed by atoms with van der Waals surface area (Å²) in [7, 11) is -10.3. The monoisotopic (exact) mass is 704 g/mol. The average Bonchev–Trinajstić information content (AvgIpc) is 2.86. The van der Waals surface area contributed by atoms with Crippen LogP contribution < -0.4 is 33.6 Å². The van der Waals surface area contributed by atoms with E-state index in [1.165, 1.54) is 0 Å². The highest BCUT2D eigenvalue weighted by Crippen LogP contribution is 2.35. The van der Waals surface area contributed by atoms with E-state index in [1.807, 2.05) is 0 Å². The molecule has 246 valence electrons. The smallest absolute Gasteiger partial charge is 0.369 e. The lowest BCUT2D eigenvalue weighted by atomic mass is 10.2. The Morgan fingerprint density at radius 2 is 0.909 bits per heavy atom. The fraction of sp³-hybridized carbons (Fsp3) is 0.273. The van der Waals surface area contributed by atoms with E-state index < -0.39 is 15.8 Å². The lowest BCUT2D eigenvalue weighted by Crippen LogP contribution is -2.26. The standard InChI is InChI=1S/C22H30Cl2N10.2FH2O3P/c23-15-5-9-17(10-6-15)31-21(27)33-19(25)29-13-3-1-2-4-14-30-20(26)34-22(28)32-18-11-7-16(24)8-12-18;2*1-5(2,3)4/h5-12H,1-4,13-14H2,(H5,25,27,29,31,33)(H5,26,28,30,32,34);2*(H2,2,3,4). The van der Waals surface area contributed by atoms with E-state index in [2.05, 4.69) is 30.6 Å². The lowest BCUT2D eigenvalue weighted by Gasteiger charge is -2.05. The van der Waals surface area contributed by atoms with Crippen LogP contribution in [0.15, 0.2) is 68.5 Å². The summed E-state index contributed by atoms with van der Waals surface area (Å²) in [6.07, 6.45) is 3.68. The van der Waals surface area contributed by atoms with Crippen LogP contribution in [0.3, 0.4) is 0 Å². The van der Waals surface area contributed by atoms with E-state index in [-0.39, 0.29) is 23.8 Å². The number of rotatable bonds is 9. The fourth-order valence-electron chi connectivity index (χ4n) is 2.70. The number of aliphatic imine (C=N–C) groups is 4. The van der Waals surface area contributed by atoms with Crippen LogP contribution in [0.25, 0.3) is 0 Å². The molecule has 0 bridgehead atoms. The second-order valence-electron chi connectivity index (χ2n) is 8.10. The summed E-state index contributed by atoms with van der Waals surface area (Å²) in [4.78, 5) is 44.3. The number of nitrogens with zero attached hydrogens (tertiary/aromatic N) is 4. The molecular weight excluding hydrogens is 671 g/mol. The zero-order valence-corrected chi connectivity index (χ0v) is 26.3. The van der Waals surface area contributed by atoms with E-state index >= 15 is 0 Å². The summed E-state index contributed by atoms with van der Waals surface area (Å²) < 4.78 is 38.0. The lowest BCUT2D eigenvalue weighted by molar-refractivity contribution is 0.320. The molecule has 0 fully saturated rings. The first-order chi connectivity index (χ1) is 20.3. The van der Waals surface area contributed by atoms with Gasteiger partial charge in [-0.05, 0) is 61.4 Å². The Morgan fingerprint density at radius 1 is 0.636 bits per heavy atom. The third kappa shape index (κ3) is 28.8. The third-order valence-electron chi connectivity index (χ3n) is 4.32. The normalized spacial score (nSPS) is 12.8. The largest absolute Gasteiger partial charge is 0.507 e. The molecule has 2 aromatic carbocycles. The molecule has 0 saturated heterocycles. The van der Waals surface area contributed by atoms with Gasteiger partial charge in [0.1, 0.15) is 0 Å². The molecule has 22 heteroatoms. The molecule has 0 amide bonds. The maximum atomic E-state index is 10.4. The number of guanidine groups is 4. The van der Waals surface area contributed by atoms with Gasteiger partial charge in [0.2, 0.25) is 23.8 Å². The van der Waals surface area contributed by atoms with Crippen LogP contribution in [0, 0.1) is 0 Å². The second kappa shape index (κ2) is 21.4. The van der Waals surface area contributed by atoms with Crippen molar-refractivity contribution >= 4 is 74.2 Å². The number of halogens is 4. The Kier molecular flexibility index (Phi) is 19.8. The summed E-state index contributed by atoms with van der Waals surface area (Å²) in [5, 5.41) is 7.11. The van der Waals surface area contributed by atoms with Gasteiger partial charge >= 0.3 is 15.8 Å². The molecule has 2 aromatic rings. The Hall–Kier alpha value is -3.34. The highest BCUT2D eigenvalue weighted by molar-refractivity contribution is 7.46. The molecule has 0 heterocycles. The van der Waals surface area contributed by atoms with Crippen LogP contribution in [0.2, 0.25) is 10.0 Å². The summed E-state index contributed by atoms with van der Waals surface area (Å²) in [6, 6.07) is 14.1. The second-order valence-corrected chi connectivity index (χ2v) is 10.9. The predicted octanol–water partition coefficient (Wildman–Crippen LogP) is 3.43. The summed E-state index contributed by atoms with van der Waals surface area (Å²) in [5.41, 5.74) is 24.8. The number of nitrogens with two attached hydrogens (primary N) is 4. The number of anilines is 2. The van der Waals surface area contributed by atoms with Gasteiger partial charge in [0, 0.05) is 34.5 Å². The van der Waals surface area contributed by atoms with Crippen molar-refractivity contribution in [2.24, 2.45) is 42.9 Å². The first-order valence-corrected chi connectivity index (χ1v) is 15.9. The first-order valence-electron chi connectivity index (χ1n) is 12.2. The fourth-order valence-corrected chi connectivity index (χ4v) is 2.95. The van der Waals surface area contributed by atoms with Gasteiger partial charge in [-0.3, -0.25) is 29.6 Å². The quantitative estimate of drug-likeness (QED) is 0.0777. The number of nitrogens with one attached hydrogen (secondary N) is 2. The van der Waals surface area contributed by atoms with Crippen molar-refractivity contribution in [1.29, 1.82) is 0 Å². The van der Waals surface area contributed by atoms with E-state index in [1.54, 1.807) is 48.5 Å². The predicted molar refractivity (Wildman–Crippen MR) is 171 cm³/mol. The Labute approximate surface area is 261 Å². The number of benzene rings is 2. The zero-order chi connectivity index (χ0) is 33.8. The molecule has 0 aliphatic carbocycles.